The van der Waals surface area contributed by atoms with Gasteiger partial charge < -0.3 is 0 Å². The highest BCUT2D eigenvalue weighted by molar-refractivity contribution is 4.50. The van der Waals surface area contributed by atoms with Gasteiger partial charge in [-0.1, -0.05) is 0 Å². The van der Waals surface area contributed by atoms with Crippen LogP contribution in [-0.2, 0) is 0 Å². The Morgan fingerprint density at radius 3 is 1.07 bits per heavy atom. The molecule has 0 spiro atoms. The van der Waals surface area contributed by atoms with Crippen molar-refractivity contribution in [3.8, 4) is 0 Å². The van der Waals surface area contributed by atoms with Gasteiger partial charge in [-0.05, 0) is 0 Å². The summed E-state index contributed by atoms with van der Waals surface area (Å²) in [5, 5.41) is 0. The van der Waals surface area contributed by atoms with Crippen molar-refractivity contribution in [2.75, 3.05) is 6.67 Å². The van der Waals surface area contributed by atoms with Crippen LogP contribution in [0, 0.1) is 0 Å². The highest BCUT2D eigenvalue weighted by atomic mass is 19.4. The molecule has 0 aliphatic rings. The van der Waals surface area contributed by atoms with Gasteiger partial charge in [0.1, 0.15) is 6.42 Å². The van der Waals surface area contributed by atoms with Gasteiger partial charge in [0.15, 0.2) is 6.67 Å². The standard InChI is InChI=1S/C3H3F5.C2H2F4/c4-2(5)1-3(6,7)8;3-1-2(4,5)6/h2H,1H2;1H2. The Labute approximate surface area is 72.7 Å². The van der Waals surface area contributed by atoms with Crippen molar-refractivity contribution in [1.29, 1.82) is 0 Å². The summed E-state index contributed by atoms with van der Waals surface area (Å²) in [5.74, 6) is 0. The molecule has 0 unspecified atom stereocenters. The predicted octanol–water partition coefficient (Wildman–Crippen LogP) is 3.72. The molecule has 0 heterocycles. The van der Waals surface area contributed by atoms with Crippen LogP contribution in [-0.4, -0.2) is 25.5 Å². The molecule has 0 aliphatic heterocycles. The van der Waals surface area contributed by atoms with Crippen molar-refractivity contribution in [2.24, 2.45) is 0 Å². The first-order valence-corrected chi connectivity index (χ1v) is 2.95. The van der Waals surface area contributed by atoms with E-state index in [0.717, 1.165) is 0 Å². The van der Waals surface area contributed by atoms with Crippen LogP contribution in [0.15, 0.2) is 0 Å². The largest absolute Gasteiger partial charge is 0.416 e. The summed E-state index contributed by atoms with van der Waals surface area (Å²) < 4.78 is 95.7. The van der Waals surface area contributed by atoms with Crippen molar-refractivity contribution in [3.63, 3.8) is 0 Å². The van der Waals surface area contributed by atoms with E-state index in [1.807, 2.05) is 0 Å². The Morgan fingerprint density at radius 2 is 1.07 bits per heavy atom. The molecule has 9 heteroatoms. The Bertz CT molecular complexity index is 131. The van der Waals surface area contributed by atoms with Gasteiger partial charge in [0.2, 0.25) is 6.43 Å². The maximum Gasteiger partial charge on any atom is 0.416 e. The molecule has 0 atom stereocenters. The SMILES string of the molecule is FC(F)CC(F)(F)F.FCC(F)(F)F. The average molecular weight is 236 g/mol. The molecule has 0 radical (unpaired) electrons. The minimum Gasteiger partial charge on any atom is -0.241 e. The predicted molar refractivity (Wildman–Crippen MR) is 28.7 cm³/mol. The number of hydrogen-bond donors (Lipinski definition) is 0. The van der Waals surface area contributed by atoms with Crippen LogP contribution < -0.4 is 0 Å². The second-order valence-electron chi connectivity index (χ2n) is 1.96. The monoisotopic (exact) mass is 236 g/mol. The van der Waals surface area contributed by atoms with Gasteiger partial charge in [-0.2, -0.15) is 26.3 Å². The third-order valence-corrected chi connectivity index (χ3v) is 0.537. The summed E-state index contributed by atoms with van der Waals surface area (Å²) in [5.41, 5.74) is 0. The summed E-state index contributed by atoms with van der Waals surface area (Å²) >= 11 is 0. The molecule has 0 aromatic carbocycles. The van der Waals surface area contributed by atoms with Crippen molar-refractivity contribution in [2.45, 2.75) is 25.2 Å². The third kappa shape index (κ3) is 22.5. The van der Waals surface area contributed by atoms with E-state index in [-0.39, 0.29) is 0 Å². The van der Waals surface area contributed by atoms with Crippen LogP contribution in [0.1, 0.15) is 6.42 Å². The molecule has 0 saturated carbocycles. The topological polar surface area (TPSA) is 0 Å². The zero-order valence-corrected chi connectivity index (χ0v) is 6.39. The number of halogens is 9. The van der Waals surface area contributed by atoms with Gasteiger partial charge in [0, 0.05) is 0 Å². The molecule has 14 heavy (non-hydrogen) atoms. The maximum atomic E-state index is 10.8. The lowest BCUT2D eigenvalue weighted by molar-refractivity contribution is -0.158. The van der Waals surface area contributed by atoms with E-state index in [0.29, 0.717) is 0 Å². The van der Waals surface area contributed by atoms with E-state index < -0.39 is 31.9 Å². The van der Waals surface area contributed by atoms with Crippen LogP contribution in [0.3, 0.4) is 0 Å². The van der Waals surface area contributed by atoms with Gasteiger partial charge >= 0.3 is 12.4 Å². The van der Waals surface area contributed by atoms with Crippen LogP contribution in [0.5, 0.6) is 0 Å². The summed E-state index contributed by atoms with van der Waals surface area (Å²) in [6.45, 7) is -2.23. The van der Waals surface area contributed by atoms with Crippen molar-refractivity contribution >= 4 is 0 Å². The van der Waals surface area contributed by atoms with Gasteiger partial charge in [0.25, 0.3) is 0 Å². The fourth-order valence-electron chi connectivity index (χ4n) is 0.175. The van der Waals surface area contributed by atoms with Gasteiger partial charge in [-0.3, -0.25) is 0 Å². The van der Waals surface area contributed by atoms with Gasteiger partial charge in [0.05, 0.1) is 0 Å². The normalized spacial score (nSPS) is 12.4. The number of hydrogen-bond acceptors (Lipinski definition) is 0. The van der Waals surface area contributed by atoms with Gasteiger partial charge in [-0.25, -0.2) is 13.2 Å². The minimum absolute atomic E-state index is 2.01. The molecule has 0 rings (SSSR count). The first-order valence-electron chi connectivity index (χ1n) is 2.95. The van der Waals surface area contributed by atoms with Gasteiger partial charge in [-0.15, -0.1) is 0 Å². The number of alkyl halides is 9. The molecular formula is C5H5F9. The minimum atomic E-state index is -4.73. The molecule has 0 amide bonds. The zero-order chi connectivity index (χ0) is 12.0. The molecule has 0 aromatic rings. The second kappa shape index (κ2) is 5.97. The Hall–Kier alpha value is -0.630. The zero-order valence-electron chi connectivity index (χ0n) is 6.39. The van der Waals surface area contributed by atoms with E-state index in [4.69, 9.17) is 0 Å². The maximum absolute atomic E-state index is 10.8. The molecule has 0 fully saturated rings. The number of rotatable bonds is 1. The van der Waals surface area contributed by atoms with Crippen molar-refractivity contribution < 1.29 is 39.5 Å². The van der Waals surface area contributed by atoms with E-state index in [2.05, 4.69) is 0 Å². The lowest BCUT2D eigenvalue weighted by atomic mass is 10.4. The first kappa shape index (κ1) is 15.8. The Morgan fingerprint density at radius 1 is 0.786 bits per heavy atom. The highest BCUT2D eigenvalue weighted by Gasteiger charge is 2.31. The van der Waals surface area contributed by atoms with E-state index in [1.54, 1.807) is 0 Å². The quantitative estimate of drug-likeness (QED) is 0.608. The smallest absolute Gasteiger partial charge is 0.241 e. The van der Waals surface area contributed by atoms with Crippen LogP contribution >= 0.6 is 0 Å². The Balaban J connectivity index is 0. The van der Waals surface area contributed by atoms with E-state index in [9.17, 15) is 39.5 Å². The highest BCUT2D eigenvalue weighted by Crippen LogP contribution is 2.23. The molecule has 0 saturated heterocycles. The summed E-state index contributed by atoms with van der Waals surface area (Å²) in [4.78, 5) is 0. The fourth-order valence-corrected chi connectivity index (χ4v) is 0.175. The molecule has 0 aliphatic carbocycles. The molecule has 0 nitrogen and oxygen atoms in total. The molecular weight excluding hydrogens is 231 g/mol. The third-order valence-electron chi connectivity index (χ3n) is 0.537. The summed E-state index contributed by atoms with van der Waals surface area (Å²) in [6.07, 6.45) is -14.6. The average Bonchev–Trinajstić information content (AvgIpc) is 1.81. The molecule has 88 valence electrons. The Kier molecular flexibility index (Phi) is 6.75. The molecule has 0 N–H and O–H groups in total. The van der Waals surface area contributed by atoms with Crippen molar-refractivity contribution in [3.05, 3.63) is 0 Å². The van der Waals surface area contributed by atoms with Crippen LogP contribution in [0.25, 0.3) is 0 Å². The van der Waals surface area contributed by atoms with Crippen LogP contribution in [0.4, 0.5) is 39.5 Å². The fraction of sp³-hybridized carbons (Fsp3) is 1.00. The lowest BCUT2D eigenvalue weighted by Crippen LogP contribution is -2.12. The molecule has 0 aromatic heterocycles. The van der Waals surface area contributed by atoms with E-state index >= 15 is 0 Å². The first-order chi connectivity index (χ1) is 5.98. The summed E-state index contributed by atoms with van der Waals surface area (Å²) in [6, 6.07) is 0. The molecule has 0 bridgehead atoms. The lowest BCUT2D eigenvalue weighted by Gasteiger charge is -2.02. The van der Waals surface area contributed by atoms with Crippen LogP contribution in [0.2, 0.25) is 0 Å². The second-order valence-corrected chi connectivity index (χ2v) is 1.96. The van der Waals surface area contributed by atoms with Crippen molar-refractivity contribution in [1.82, 2.24) is 0 Å². The van der Waals surface area contributed by atoms with E-state index in [1.165, 1.54) is 0 Å². The summed E-state index contributed by atoms with van der Waals surface area (Å²) in [7, 11) is 0.